The van der Waals surface area contributed by atoms with E-state index < -0.39 is 5.82 Å². The highest BCUT2D eigenvalue weighted by Gasteiger charge is 2.24. The number of rotatable bonds is 9. The molecule has 4 heterocycles. The number of aromatic nitrogens is 4. The highest BCUT2D eigenvalue weighted by molar-refractivity contribution is 5.95. The number of fused-ring (bicyclic) bond motifs is 1. The zero-order valence-corrected chi connectivity index (χ0v) is 26.1. The van der Waals surface area contributed by atoms with Crippen molar-refractivity contribution in [2.45, 2.75) is 44.9 Å². The van der Waals surface area contributed by atoms with Crippen molar-refractivity contribution < 1.29 is 23.4 Å². The Morgan fingerprint density at radius 3 is 2.46 bits per heavy atom. The minimum Gasteiger partial charge on any atom is -0.495 e. The minimum atomic E-state index is -0.537. The predicted molar refractivity (Wildman–Crippen MR) is 174 cm³/mol. The molecule has 2 aliphatic rings. The molecule has 12 nitrogen and oxygen atoms in total. The standard InChI is InChI=1S/C33H37FN8O4/c1-5-31(43)41-10-8-22(9-11-41)39-29-13-25-28(14-30(29)44-4)37-19-38-32(25)40-27-7-6-24(12-26(27)34)46-33-35-15-23(16-36-33)42-17-20(2)45-21(3)18-42/h5-7,12-16,19-22,39H,1,8-11,17-18H2,2-4H3,(H,37,38,40)/t20-,21+. The van der Waals surface area contributed by atoms with E-state index in [1.54, 1.807) is 36.5 Å². The first-order chi connectivity index (χ1) is 22.3. The van der Waals surface area contributed by atoms with Crippen LogP contribution in [0.3, 0.4) is 0 Å². The number of carbonyl (C=O) groups excluding carboxylic acids is 1. The Bertz CT molecular complexity index is 1700. The minimum absolute atomic E-state index is 0.0580. The molecule has 46 heavy (non-hydrogen) atoms. The number of piperidine rings is 1. The highest BCUT2D eigenvalue weighted by Crippen LogP contribution is 2.35. The second kappa shape index (κ2) is 13.5. The summed E-state index contributed by atoms with van der Waals surface area (Å²) < 4.78 is 32.5. The molecule has 240 valence electrons. The van der Waals surface area contributed by atoms with Gasteiger partial charge in [0.05, 0.1) is 54.3 Å². The molecule has 0 saturated carbocycles. The predicted octanol–water partition coefficient (Wildman–Crippen LogP) is 5.31. The molecule has 2 saturated heterocycles. The lowest BCUT2D eigenvalue weighted by Gasteiger charge is -2.36. The molecule has 6 rings (SSSR count). The van der Waals surface area contributed by atoms with Crippen LogP contribution >= 0.6 is 0 Å². The van der Waals surface area contributed by atoms with E-state index in [0.717, 1.165) is 37.3 Å². The molecule has 2 aromatic carbocycles. The molecule has 0 radical (unpaired) electrons. The van der Waals surface area contributed by atoms with Crippen LogP contribution in [0.1, 0.15) is 26.7 Å². The van der Waals surface area contributed by atoms with Crippen molar-refractivity contribution in [2.24, 2.45) is 0 Å². The summed E-state index contributed by atoms with van der Waals surface area (Å²) in [4.78, 5) is 33.4. The molecule has 2 aliphatic heterocycles. The van der Waals surface area contributed by atoms with Crippen LogP contribution in [0.15, 0.2) is 61.7 Å². The summed E-state index contributed by atoms with van der Waals surface area (Å²) in [5.74, 6) is 0.718. The van der Waals surface area contributed by atoms with E-state index in [1.807, 2.05) is 26.0 Å². The third kappa shape index (κ3) is 6.94. The molecule has 2 N–H and O–H groups in total. The second-order valence-electron chi connectivity index (χ2n) is 11.5. The molecule has 4 aromatic rings. The van der Waals surface area contributed by atoms with Crippen LogP contribution in [0.2, 0.25) is 0 Å². The van der Waals surface area contributed by atoms with Gasteiger partial charge in [0.1, 0.15) is 29.5 Å². The van der Waals surface area contributed by atoms with Crippen LogP contribution in [0.4, 0.5) is 27.3 Å². The number of ether oxygens (including phenoxy) is 3. The van der Waals surface area contributed by atoms with Gasteiger partial charge in [-0.3, -0.25) is 4.79 Å². The summed E-state index contributed by atoms with van der Waals surface area (Å²) in [5.41, 5.74) is 2.48. The van der Waals surface area contributed by atoms with Crippen molar-refractivity contribution in [2.75, 3.05) is 48.8 Å². The summed E-state index contributed by atoms with van der Waals surface area (Å²) in [6, 6.07) is 8.45. The highest BCUT2D eigenvalue weighted by atomic mass is 19.1. The maximum atomic E-state index is 15.3. The topological polar surface area (TPSA) is 127 Å². The number of hydrogen-bond donors (Lipinski definition) is 2. The zero-order chi connectivity index (χ0) is 32.2. The van der Waals surface area contributed by atoms with Gasteiger partial charge in [0.15, 0.2) is 0 Å². The van der Waals surface area contributed by atoms with Gasteiger partial charge in [0.25, 0.3) is 0 Å². The summed E-state index contributed by atoms with van der Waals surface area (Å²) in [7, 11) is 1.60. The molecular formula is C33H37FN8O4. The fourth-order valence-electron chi connectivity index (χ4n) is 5.87. The van der Waals surface area contributed by atoms with Crippen molar-refractivity contribution in [3.63, 3.8) is 0 Å². The average molecular weight is 629 g/mol. The quantitative estimate of drug-likeness (QED) is 0.234. The summed E-state index contributed by atoms with van der Waals surface area (Å²) in [6.45, 7) is 10.4. The second-order valence-corrected chi connectivity index (χ2v) is 11.5. The van der Waals surface area contributed by atoms with Gasteiger partial charge in [-0.15, -0.1) is 0 Å². The van der Waals surface area contributed by atoms with Crippen molar-refractivity contribution >= 4 is 39.7 Å². The molecule has 2 aromatic heterocycles. The summed E-state index contributed by atoms with van der Waals surface area (Å²) in [6.07, 6.45) is 7.94. The molecule has 0 bridgehead atoms. The Kier molecular flexibility index (Phi) is 9.11. The number of benzene rings is 2. The van der Waals surface area contributed by atoms with E-state index in [-0.39, 0.29) is 41.6 Å². The molecule has 2 fully saturated rings. The van der Waals surface area contributed by atoms with Crippen LogP contribution in [0.25, 0.3) is 10.9 Å². The molecule has 13 heteroatoms. The SMILES string of the molecule is C=CC(=O)N1CCC(Nc2cc3c(Nc4ccc(Oc5ncc(N6C[C@@H](C)O[C@@H](C)C6)cn5)cc4F)ncnc3cc2OC)CC1. The number of halogens is 1. The van der Waals surface area contributed by atoms with Gasteiger partial charge in [-0.1, -0.05) is 6.58 Å². The third-order valence-electron chi connectivity index (χ3n) is 8.10. The fraction of sp³-hybridized carbons (Fsp3) is 0.364. The molecular weight excluding hydrogens is 591 g/mol. The largest absolute Gasteiger partial charge is 0.495 e. The Morgan fingerprint density at radius 2 is 1.78 bits per heavy atom. The van der Waals surface area contributed by atoms with E-state index in [0.29, 0.717) is 35.6 Å². The van der Waals surface area contributed by atoms with Gasteiger partial charge in [-0.2, -0.15) is 0 Å². The van der Waals surface area contributed by atoms with E-state index in [2.05, 4.69) is 42.0 Å². The van der Waals surface area contributed by atoms with E-state index >= 15 is 4.39 Å². The number of amides is 1. The van der Waals surface area contributed by atoms with Gasteiger partial charge in [0.2, 0.25) is 5.91 Å². The zero-order valence-electron chi connectivity index (χ0n) is 26.1. The number of nitrogens with zero attached hydrogens (tertiary/aromatic N) is 6. The molecule has 0 unspecified atom stereocenters. The smallest absolute Gasteiger partial charge is 0.322 e. The van der Waals surface area contributed by atoms with Crippen molar-refractivity contribution in [1.29, 1.82) is 0 Å². The number of carbonyl (C=O) groups is 1. The van der Waals surface area contributed by atoms with E-state index in [9.17, 15) is 4.79 Å². The average Bonchev–Trinajstić information content (AvgIpc) is 3.06. The number of anilines is 4. The summed E-state index contributed by atoms with van der Waals surface area (Å²) >= 11 is 0. The van der Waals surface area contributed by atoms with Gasteiger partial charge in [0, 0.05) is 49.7 Å². The first-order valence-electron chi connectivity index (χ1n) is 15.3. The fourth-order valence-corrected chi connectivity index (χ4v) is 5.87. The normalized spacial score (nSPS) is 18.7. The Labute approximate surface area is 266 Å². The monoisotopic (exact) mass is 628 g/mol. The number of morpholine rings is 1. The van der Waals surface area contributed by atoms with Crippen LogP contribution < -0.4 is 25.0 Å². The first-order valence-corrected chi connectivity index (χ1v) is 15.3. The summed E-state index contributed by atoms with van der Waals surface area (Å²) in [5, 5.41) is 7.33. The van der Waals surface area contributed by atoms with Crippen LogP contribution in [0, 0.1) is 5.82 Å². The van der Waals surface area contributed by atoms with Crippen molar-refractivity contribution in [3.05, 3.63) is 67.5 Å². The lowest BCUT2D eigenvalue weighted by atomic mass is 10.0. The molecule has 0 spiro atoms. The number of likely N-dealkylation sites (tertiary alicyclic amines) is 1. The molecule has 0 aliphatic carbocycles. The number of methoxy groups -OCH3 is 1. The van der Waals surface area contributed by atoms with Crippen LogP contribution in [-0.4, -0.2) is 82.3 Å². The maximum absolute atomic E-state index is 15.3. The van der Waals surface area contributed by atoms with Gasteiger partial charge >= 0.3 is 6.01 Å². The lowest BCUT2D eigenvalue weighted by molar-refractivity contribution is -0.126. The van der Waals surface area contributed by atoms with Gasteiger partial charge in [-0.25, -0.2) is 24.3 Å². The van der Waals surface area contributed by atoms with Gasteiger partial charge < -0.3 is 34.6 Å². The van der Waals surface area contributed by atoms with E-state index in [4.69, 9.17) is 14.2 Å². The van der Waals surface area contributed by atoms with Crippen LogP contribution in [0.5, 0.6) is 17.5 Å². The Balaban J connectivity index is 1.15. The maximum Gasteiger partial charge on any atom is 0.322 e. The van der Waals surface area contributed by atoms with Gasteiger partial charge in [-0.05, 0) is 51.0 Å². The third-order valence-corrected chi connectivity index (χ3v) is 8.10. The first kappa shape index (κ1) is 31.0. The number of nitrogens with one attached hydrogen (secondary N) is 2. The molecule has 2 atom stereocenters. The lowest BCUT2D eigenvalue weighted by Crippen LogP contribution is -2.45. The molecule has 1 amide bonds. The van der Waals surface area contributed by atoms with Crippen molar-refractivity contribution in [1.82, 2.24) is 24.8 Å². The number of hydrogen-bond acceptors (Lipinski definition) is 11. The Hall–Kier alpha value is -5.04. The van der Waals surface area contributed by atoms with Crippen LogP contribution in [-0.2, 0) is 9.53 Å². The van der Waals surface area contributed by atoms with Crippen molar-refractivity contribution in [3.8, 4) is 17.5 Å². The Morgan fingerprint density at radius 1 is 1.04 bits per heavy atom. The van der Waals surface area contributed by atoms with E-state index in [1.165, 1.54) is 18.5 Å².